The quantitative estimate of drug-likeness (QED) is 0.845. The second kappa shape index (κ2) is 7.82. The van der Waals surface area contributed by atoms with Gasteiger partial charge < -0.3 is 14.7 Å². The molecule has 21 heavy (non-hydrogen) atoms. The van der Waals surface area contributed by atoms with Crippen molar-refractivity contribution in [1.29, 1.82) is 0 Å². The summed E-state index contributed by atoms with van der Waals surface area (Å²) < 4.78 is 5.29. The van der Waals surface area contributed by atoms with Gasteiger partial charge in [-0.15, -0.1) is 11.8 Å². The number of carbonyl (C=O) groups excluding carboxylic acids is 1. The minimum Gasteiger partial charge on any atom is -0.394 e. The number of amides is 1. The van der Waals surface area contributed by atoms with Crippen LogP contribution in [0.25, 0.3) is 0 Å². The molecule has 0 aliphatic carbocycles. The van der Waals surface area contributed by atoms with Crippen LogP contribution in [0.15, 0.2) is 23.1 Å². The molecule has 116 valence electrons. The molecule has 2 rings (SSSR count). The van der Waals surface area contributed by atoms with Gasteiger partial charge in [-0.1, -0.05) is 6.07 Å². The Kier molecular flexibility index (Phi) is 6.08. The van der Waals surface area contributed by atoms with Crippen LogP contribution in [0.1, 0.15) is 17.5 Å². The fourth-order valence-electron chi connectivity index (χ4n) is 2.34. The number of aliphatic hydroxyl groups excluding tert-OH is 1. The molecule has 1 N–H and O–H groups in total. The number of aryl methyl sites for hydroxylation is 2. The maximum absolute atomic E-state index is 12.2. The van der Waals surface area contributed by atoms with E-state index >= 15 is 0 Å². The summed E-state index contributed by atoms with van der Waals surface area (Å²) in [5.41, 5.74) is 2.56. The predicted octanol–water partition coefficient (Wildman–Crippen LogP) is 2.01. The second-order valence-corrected chi connectivity index (χ2v) is 6.51. The molecule has 1 saturated heterocycles. The van der Waals surface area contributed by atoms with Crippen molar-refractivity contribution in [1.82, 2.24) is 4.90 Å². The average Bonchev–Trinajstić information content (AvgIpc) is 2.50. The van der Waals surface area contributed by atoms with Crippen molar-refractivity contribution in [3.8, 4) is 0 Å². The molecule has 0 aromatic heterocycles. The number of rotatable bonds is 5. The highest BCUT2D eigenvalue weighted by atomic mass is 32.2. The summed E-state index contributed by atoms with van der Waals surface area (Å²) in [6, 6.07) is 6.19. The van der Waals surface area contributed by atoms with Crippen LogP contribution in [0, 0.1) is 13.8 Å². The van der Waals surface area contributed by atoms with Crippen LogP contribution in [0.5, 0.6) is 0 Å². The van der Waals surface area contributed by atoms with Gasteiger partial charge in [0.05, 0.1) is 25.9 Å². The smallest absolute Gasteiger partial charge is 0.223 e. The Morgan fingerprint density at radius 2 is 2.24 bits per heavy atom. The van der Waals surface area contributed by atoms with Crippen molar-refractivity contribution in [2.45, 2.75) is 31.2 Å². The molecular weight excluding hydrogens is 286 g/mol. The van der Waals surface area contributed by atoms with Crippen molar-refractivity contribution >= 4 is 17.7 Å². The lowest BCUT2D eigenvalue weighted by Crippen LogP contribution is -2.50. The number of nitrogens with zero attached hydrogens (tertiary/aromatic N) is 1. The lowest BCUT2D eigenvalue weighted by molar-refractivity contribution is -0.141. The van der Waals surface area contributed by atoms with Gasteiger partial charge in [-0.25, -0.2) is 0 Å². The fourth-order valence-corrected chi connectivity index (χ4v) is 3.27. The van der Waals surface area contributed by atoms with Crippen molar-refractivity contribution < 1.29 is 14.6 Å². The van der Waals surface area contributed by atoms with Gasteiger partial charge in [-0.2, -0.15) is 0 Å². The lowest BCUT2D eigenvalue weighted by Gasteiger charge is -2.34. The summed E-state index contributed by atoms with van der Waals surface area (Å²) >= 11 is 1.70. The summed E-state index contributed by atoms with van der Waals surface area (Å²) in [5, 5.41) is 9.29. The molecule has 1 amide bonds. The minimum atomic E-state index is -0.183. The van der Waals surface area contributed by atoms with Gasteiger partial charge in [-0.3, -0.25) is 4.79 Å². The first-order valence-electron chi connectivity index (χ1n) is 7.30. The maximum Gasteiger partial charge on any atom is 0.223 e. The van der Waals surface area contributed by atoms with E-state index < -0.39 is 0 Å². The third-order valence-corrected chi connectivity index (χ3v) is 4.82. The van der Waals surface area contributed by atoms with Gasteiger partial charge >= 0.3 is 0 Å². The predicted molar refractivity (Wildman–Crippen MR) is 84.7 cm³/mol. The first-order chi connectivity index (χ1) is 10.1. The van der Waals surface area contributed by atoms with E-state index in [9.17, 15) is 9.90 Å². The molecule has 0 radical (unpaired) electrons. The van der Waals surface area contributed by atoms with Crippen LogP contribution in [0.3, 0.4) is 0 Å². The lowest BCUT2D eigenvalue weighted by atomic mass is 10.1. The van der Waals surface area contributed by atoms with Crippen molar-refractivity contribution in [2.24, 2.45) is 0 Å². The van der Waals surface area contributed by atoms with E-state index in [4.69, 9.17) is 4.74 Å². The summed E-state index contributed by atoms with van der Waals surface area (Å²) in [6.45, 7) is 5.75. The highest BCUT2D eigenvalue weighted by Gasteiger charge is 2.26. The molecule has 1 aliphatic rings. The first-order valence-corrected chi connectivity index (χ1v) is 8.28. The van der Waals surface area contributed by atoms with Crippen LogP contribution in [0.4, 0.5) is 0 Å². The molecular formula is C16H23NO3S. The topological polar surface area (TPSA) is 49.8 Å². The Bertz CT molecular complexity index is 492. The highest BCUT2D eigenvalue weighted by molar-refractivity contribution is 7.99. The number of carbonyl (C=O) groups is 1. The van der Waals surface area contributed by atoms with E-state index in [-0.39, 0.29) is 18.6 Å². The zero-order valence-corrected chi connectivity index (χ0v) is 13.5. The van der Waals surface area contributed by atoms with Crippen LogP contribution in [-0.4, -0.2) is 54.1 Å². The van der Waals surface area contributed by atoms with Crippen LogP contribution < -0.4 is 0 Å². The Morgan fingerprint density at radius 1 is 1.43 bits per heavy atom. The molecule has 1 fully saturated rings. The van der Waals surface area contributed by atoms with E-state index in [0.29, 0.717) is 26.2 Å². The number of hydrogen-bond acceptors (Lipinski definition) is 4. The second-order valence-electron chi connectivity index (χ2n) is 5.34. The SMILES string of the molecule is Cc1ccc(SCCC(=O)N2CCOCC2CO)cc1C. The summed E-state index contributed by atoms with van der Waals surface area (Å²) in [4.78, 5) is 15.2. The van der Waals surface area contributed by atoms with Crippen LogP contribution in [0.2, 0.25) is 0 Å². The number of thioether (sulfide) groups is 1. The largest absolute Gasteiger partial charge is 0.394 e. The number of aliphatic hydroxyl groups is 1. The number of morpholine rings is 1. The standard InChI is InChI=1S/C16H23NO3S/c1-12-3-4-15(9-13(12)2)21-8-5-16(19)17-6-7-20-11-14(17)10-18/h3-4,9,14,18H,5-8,10-11H2,1-2H3. The Morgan fingerprint density at radius 3 is 2.95 bits per heavy atom. The molecule has 0 bridgehead atoms. The summed E-state index contributed by atoms with van der Waals surface area (Å²) in [6.07, 6.45) is 0.494. The molecule has 0 saturated carbocycles. The van der Waals surface area contributed by atoms with Gasteiger partial charge in [0, 0.05) is 23.6 Å². The van der Waals surface area contributed by atoms with E-state index in [0.717, 1.165) is 5.75 Å². The van der Waals surface area contributed by atoms with Crippen molar-refractivity contribution in [2.75, 3.05) is 32.1 Å². The first kappa shape index (κ1) is 16.3. The van der Waals surface area contributed by atoms with Gasteiger partial charge in [0.1, 0.15) is 0 Å². The third kappa shape index (κ3) is 4.46. The van der Waals surface area contributed by atoms with Gasteiger partial charge in [-0.05, 0) is 37.1 Å². The van der Waals surface area contributed by atoms with Crippen molar-refractivity contribution in [3.05, 3.63) is 29.3 Å². The van der Waals surface area contributed by atoms with Crippen molar-refractivity contribution in [3.63, 3.8) is 0 Å². The van der Waals surface area contributed by atoms with Gasteiger partial charge in [0.15, 0.2) is 0 Å². The molecule has 1 unspecified atom stereocenters. The summed E-state index contributed by atoms with van der Waals surface area (Å²) in [5.74, 6) is 0.866. The molecule has 1 aromatic carbocycles. The number of ether oxygens (including phenoxy) is 1. The number of benzene rings is 1. The van der Waals surface area contributed by atoms with Crippen LogP contribution >= 0.6 is 11.8 Å². The van der Waals surface area contributed by atoms with Gasteiger partial charge in [0.25, 0.3) is 0 Å². The van der Waals surface area contributed by atoms with E-state index in [2.05, 4.69) is 32.0 Å². The molecule has 5 heteroatoms. The average molecular weight is 309 g/mol. The monoisotopic (exact) mass is 309 g/mol. The van der Waals surface area contributed by atoms with Gasteiger partial charge in [0.2, 0.25) is 5.91 Å². The molecule has 0 spiro atoms. The fraction of sp³-hybridized carbons (Fsp3) is 0.562. The maximum atomic E-state index is 12.2. The molecule has 4 nitrogen and oxygen atoms in total. The molecule has 1 heterocycles. The van der Waals surface area contributed by atoms with Crippen LogP contribution in [-0.2, 0) is 9.53 Å². The molecule has 1 aliphatic heterocycles. The van der Waals surface area contributed by atoms with E-state index in [1.165, 1.54) is 16.0 Å². The Labute approximate surface area is 130 Å². The Hall–Kier alpha value is -1.04. The summed E-state index contributed by atoms with van der Waals surface area (Å²) in [7, 11) is 0. The third-order valence-electron chi connectivity index (χ3n) is 3.82. The zero-order valence-electron chi connectivity index (χ0n) is 12.7. The molecule has 1 atom stereocenters. The normalized spacial score (nSPS) is 18.8. The number of hydrogen-bond donors (Lipinski definition) is 1. The minimum absolute atomic E-state index is 0.0317. The van der Waals surface area contributed by atoms with E-state index in [1.807, 2.05) is 0 Å². The molecule has 1 aromatic rings. The zero-order chi connectivity index (χ0) is 15.2. The Balaban J connectivity index is 1.82. The van der Waals surface area contributed by atoms with E-state index in [1.54, 1.807) is 16.7 Å². The highest BCUT2D eigenvalue weighted by Crippen LogP contribution is 2.22.